The van der Waals surface area contributed by atoms with Crippen molar-refractivity contribution in [2.45, 2.75) is 64.3 Å². The first-order valence-electron chi connectivity index (χ1n) is 7.79. The van der Waals surface area contributed by atoms with E-state index in [9.17, 15) is 0 Å². The van der Waals surface area contributed by atoms with Crippen LogP contribution < -0.4 is 5.73 Å². The van der Waals surface area contributed by atoms with E-state index in [-0.39, 0.29) is 0 Å². The quantitative estimate of drug-likeness (QED) is 0.763. The Labute approximate surface area is 107 Å². The van der Waals surface area contributed by atoms with Crippen LogP contribution in [0.4, 0.5) is 0 Å². The molecule has 2 heteroatoms. The van der Waals surface area contributed by atoms with Crippen molar-refractivity contribution in [3.8, 4) is 0 Å². The van der Waals surface area contributed by atoms with Crippen molar-refractivity contribution in [3.63, 3.8) is 0 Å². The average Bonchev–Trinajstić information content (AvgIpc) is 2.66. The fraction of sp³-hybridized carbons (Fsp3) is 1.00. The van der Waals surface area contributed by atoms with E-state index in [4.69, 9.17) is 5.73 Å². The normalized spacial score (nSPS) is 36.0. The number of hydrogen-bond donors (Lipinski definition) is 1. The Morgan fingerprint density at radius 2 is 1.94 bits per heavy atom. The van der Waals surface area contributed by atoms with Gasteiger partial charge in [0, 0.05) is 12.6 Å². The summed E-state index contributed by atoms with van der Waals surface area (Å²) in [6, 6.07) is 0.810. The van der Waals surface area contributed by atoms with Crippen LogP contribution in [0.5, 0.6) is 0 Å². The first kappa shape index (κ1) is 13.4. The maximum Gasteiger partial charge on any atom is 0.0136 e. The van der Waals surface area contributed by atoms with Crippen molar-refractivity contribution < 1.29 is 0 Å². The molecule has 100 valence electrons. The Balaban J connectivity index is 1.90. The fourth-order valence-electron chi connectivity index (χ4n) is 3.93. The molecule has 1 aliphatic carbocycles. The van der Waals surface area contributed by atoms with E-state index < -0.39 is 0 Å². The van der Waals surface area contributed by atoms with Crippen LogP contribution in [0.25, 0.3) is 0 Å². The standard InChI is InChI=1S/C15H30N2/c1-2-6-13-9-10-17(12-13)15-8-5-3-4-7-14(15)11-16/h13-15H,2-12,16H2,1H3. The van der Waals surface area contributed by atoms with Crippen molar-refractivity contribution >= 4 is 0 Å². The number of rotatable bonds is 4. The molecule has 2 fully saturated rings. The Kier molecular flexibility index (Phi) is 5.30. The van der Waals surface area contributed by atoms with Gasteiger partial charge in [0.2, 0.25) is 0 Å². The zero-order chi connectivity index (χ0) is 12.1. The molecule has 2 nitrogen and oxygen atoms in total. The summed E-state index contributed by atoms with van der Waals surface area (Å²) in [6.45, 7) is 5.91. The predicted molar refractivity (Wildman–Crippen MR) is 74.0 cm³/mol. The van der Waals surface area contributed by atoms with Crippen LogP contribution in [0.3, 0.4) is 0 Å². The van der Waals surface area contributed by atoms with Crippen LogP contribution in [0.1, 0.15) is 58.3 Å². The second kappa shape index (κ2) is 6.75. The highest BCUT2D eigenvalue weighted by Gasteiger charge is 2.32. The summed E-state index contributed by atoms with van der Waals surface area (Å²) in [5.74, 6) is 1.75. The number of nitrogens with zero attached hydrogens (tertiary/aromatic N) is 1. The minimum Gasteiger partial charge on any atom is -0.330 e. The molecule has 1 heterocycles. The topological polar surface area (TPSA) is 29.3 Å². The lowest BCUT2D eigenvalue weighted by Gasteiger charge is -2.33. The van der Waals surface area contributed by atoms with Crippen molar-refractivity contribution in [2.24, 2.45) is 17.6 Å². The van der Waals surface area contributed by atoms with Crippen molar-refractivity contribution in [1.29, 1.82) is 0 Å². The summed E-state index contributed by atoms with van der Waals surface area (Å²) in [7, 11) is 0. The third kappa shape index (κ3) is 3.45. The second-order valence-electron chi connectivity index (χ2n) is 6.14. The lowest BCUT2D eigenvalue weighted by atomic mass is 9.93. The maximum atomic E-state index is 6.00. The van der Waals surface area contributed by atoms with E-state index in [0.717, 1.165) is 24.4 Å². The van der Waals surface area contributed by atoms with Gasteiger partial charge < -0.3 is 5.73 Å². The Hall–Kier alpha value is -0.0800. The largest absolute Gasteiger partial charge is 0.330 e. The van der Waals surface area contributed by atoms with Crippen molar-refractivity contribution in [1.82, 2.24) is 4.90 Å². The Morgan fingerprint density at radius 3 is 2.71 bits per heavy atom. The van der Waals surface area contributed by atoms with Gasteiger partial charge in [-0.25, -0.2) is 0 Å². The van der Waals surface area contributed by atoms with E-state index in [2.05, 4.69) is 11.8 Å². The molecular formula is C15H30N2. The molecule has 1 aliphatic heterocycles. The molecule has 0 aromatic rings. The lowest BCUT2D eigenvalue weighted by Crippen LogP contribution is -2.41. The van der Waals surface area contributed by atoms with Gasteiger partial charge in [-0.2, -0.15) is 0 Å². The molecule has 0 spiro atoms. The van der Waals surface area contributed by atoms with Gasteiger partial charge in [0.05, 0.1) is 0 Å². The van der Waals surface area contributed by atoms with Gasteiger partial charge in [0.15, 0.2) is 0 Å². The Morgan fingerprint density at radius 1 is 1.12 bits per heavy atom. The average molecular weight is 238 g/mol. The molecular weight excluding hydrogens is 208 g/mol. The molecule has 0 amide bonds. The molecule has 2 N–H and O–H groups in total. The second-order valence-corrected chi connectivity index (χ2v) is 6.14. The maximum absolute atomic E-state index is 6.00. The minimum absolute atomic E-state index is 0.776. The summed E-state index contributed by atoms with van der Waals surface area (Å²) < 4.78 is 0. The van der Waals surface area contributed by atoms with Gasteiger partial charge >= 0.3 is 0 Å². The smallest absolute Gasteiger partial charge is 0.0136 e. The molecule has 0 aromatic carbocycles. The summed E-state index contributed by atoms with van der Waals surface area (Å²) in [5.41, 5.74) is 6.00. The van der Waals surface area contributed by atoms with Crippen molar-refractivity contribution in [2.75, 3.05) is 19.6 Å². The summed E-state index contributed by atoms with van der Waals surface area (Å²) in [4.78, 5) is 2.78. The molecule has 1 saturated carbocycles. The number of nitrogens with two attached hydrogens (primary N) is 1. The van der Waals surface area contributed by atoms with Crippen LogP contribution in [0.2, 0.25) is 0 Å². The molecule has 3 atom stereocenters. The van der Waals surface area contributed by atoms with Crippen molar-refractivity contribution in [3.05, 3.63) is 0 Å². The zero-order valence-electron chi connectivity index (χ0n) is 11.5. The van der Waals surface area contributed by atoms with E-state index in [0.29, 0.717) is 0 Å². The van der Waals surface area contributed by atoms with Crippen LogP contribution in [0, 0.1) is 11.8 Å². The molecule has 0 bridgehead atoms. The first-order valence-corrected chi connectivity index (χ1v) is 7.79. The summed E-state index contributed by atoms with van der Waals surface area (Å²) in [5, 5.41) is 0. The predicted octanol–water partition coefficient (Wildman–Crippen LogP) is 3.02. The van der Waals surface area contributed by atoms with Gasteiger partial charge in [-0.1, -0.05) is 32.6 Å². The highest BCUT2D eigenvalue weighted by Crippen LogP contribution is 2.31. The summed E-state index contributed by atoms with van der Waals surface area (Å²) in [6.07, 6.45) is 11.2. The molecule has 2 aliphatic rings. The van der Waals surface area contributed by atoms with Gasteiger partial charge in [0.1, 0.15) is 0 Å². The highest BCUT2D eigenvalue weighted by atomic mass is 15.2. The zero-order valence-corrected chi connectivity index (χ0v) is 11.5. The lowest BCUT2D eigenvalue weighted by molar-refractivity contribution is 0.161. The van der Waals surface area contributed by atoms with Gasteiger partial charge in [-0.05, 0) is 50.6 Å². The van der Waals surface area contributed by atoms with Crippen LogP contribution >= 0.6 is 0 Å². The van der Waals surface area contributed by atoms with Gasteiger partial charge in [-0.3, -0.25) is 4.90 Å². The van der Waals surface area contributed by atoms with Crippen LogP contribution in [-0.4, -0.2) is 30.6 Å². The molecule has 3 unspecified atom stereocenters. The molecule has 17 heavy (non-hydrogen) atoms. The van der Waals surface area contributed by atoms with E-state index >= 15 is 0 Å². The fourth-order valence-corrected chi connectivity index (χ4v) is 3.93. The van der Waals surface area contributed by atoms with E-state index in [1.807, 2.05) is 0 Å². The van der Waals surface area contributed by atoms with E-state index in [1.165, 1.54) is 64.5 Å². The van der Waals surface area contributed by atoms with Crippen LogP contribution in [0.15, 0.2) is 0 Å². The third-order valence-electron chi connectivity index (χ3n) is 4.90. The summed E-state index contributed by atoms with van der Waals surface area (Å²) >= 11 is 0. The molecule has 0 radical (unpaired) electrons. The number of hydrogen-bond acceptors (Lipinski definition) is 2. The monoisotopic (exact) mass is 238 g/mol. The minimum atomic E-state index is 0.776. The highest BCUT2D eigenvalue weighted by molar-refractivity contribution is 4.87. The third-order valence-corrected chi connectivity index (χ3v) is 4.90. The van der Waals surface area contributed by atoms with Crippen LogP contribution in [-0.2, 0) is 0 Å². The van der Waals surface area contributed by atoms with E-state index in [1.54, 1.807) is 0 Å². The first-order chi connectivity index (χ1) is 8.35. The molecule has 0 aromatic heterocycles. The SMILES string of the molecule is CCCC1CCN(C2CCCCCC2CN)C1. The van der Waals surface area contributed by atoms with Gasteiger partial charge in [0.25, 0.3) is 0 Å². The molecule has 1 saturated heterocycles. The van der Waals surface area contributed by atoms with Gasteiger partial charge in [-0.15, -0.1) is 0 Å². The number of likely N-dealkylation sites (tertiary alicyclic amines) is 1. The Bertz CT molecular complexity index is 217. The molecule has 2 rings (SSSR count).